The van der Waals surface area contributed by atoms with Crippen molar-refractivity contribution in [2.24, 2.45) is 10.2 Å². The van der Waals surface area contributed by atoms with Crippen molar-refractivity contribution < 1.29 is 31.0 Å². The van der Waals surface area contributed by atoms with Crippen molar-refractivity contribution in [3.05, 3.63) is 54.1 Å². The van der Waals surface area contributed by atoms with Crippen LogP contribution in [-0.2, 0) is 20.2 Å². The number of anilines is 2. The molecular formula is C22H20N6O7S3. The molecule has 198 valence electrons. The number of thioether (sulfide) groups is 1. The molecule has 0 fully saturated rings. The fourth-order valence-corrected chi connectivity index (χ4v) is 5.47. The minimum atomic E-state index is -4.77. The maximum atomic E-state index is 12.0. The number of rotatable bonds is 8. The van der Waals surface area contributed by atoms with E-state index in [4.69, 9.17) is 0 Å². The summed E-state index contributed by atoms with van der Waals surface area (Å²) in [5, 5.41) is 20.9. The number of nitrogens with one attached hydrogen (secondary N) is 1. The SMILES string of the molecule is CCSc1nc(O)nc(Nc2ccc(/N=N/c3cc(S(=O)(=O)O)c4cccc(S(=O)(=O)O)c4c3)c(C)c2)n1. The molecule has 4 rings (SSSR count). The molecule has 1 heterocycles. The normalized spacial score (nSPS) is 12.3. The maximum absolute atomic E-state index is 12.0. The number of benzene rings is 3. The highest BCUT2D eigenvalue weighted by Gasteiger charge is 2.21. The molecule has 0 atom stereocenters. The van der Waals surface area contributed by atoms with Gasteiger partial charge in [-0.2, -0.15) is 42.0 Å². The van der Waals surface area contributed by atoms with Crippen LogP contribution in [0.5, 0.6) is 6.01 Å². The molecule has 3 aromatic carbocycles. The molecule has 0 spiro atoms. The monoisotopic (exact) mass is 576 g/mol. The first-order valence-electron chi connectivity index (χ1n) is 10.7. The molecule has 0 bridgehead atoms. The highest BCUT2D eigenvalue weighted by molar-refractivity contribution is 7.99. The summed E-state index contributed by atoms with van der Waals surface area (Å²) in [5.41, 5.74) is 1.54. The molecule has 0 unspecified atom stereocenters. The molecule has 0 aliphatic carbocycles. The summed E-state index contributed by atoms with van der Waals surface area (Å²) in [5.74, 6) is 0.854. The molecule has 1 aromatic heterocycles. The van der Waals surface area contributed by atoms with E-state index in [0.29, 0.717) is 27.8 Å². The van der Waals surface area contributed by atoms with Gasteiger partial charge in [-0.15, -0.1) is 0 Å². The van der Waals surface area contributed by atoms with E-state index < -0.39 is 36.0 Å². The predicted molar refractivity (Wildman–Crippen MR) is 140 cm³/mol. The minimum absolute atomic E-state index is 0.0792. The number of aromatic hydroxyl groups is 1. The van der Waals surface area contributed by atoms with Gasteiger partial charge in [0.15, 0.2) is 5.16 Å². The van der Waals surface area contributed by atoms with Gasteiger partial charge in [0, 0.05) is 16.5 Å². The average Bonchev–Trinajstić information content (AvgIpc) is 2.81. The maximum Gasteiger partial charge on any atom is 0.319 e. The predicted octanol–water partition coefficient (Wildman–Crippen LogP) is 4.80. The lowest BCUT2D eigenvalue weighted by Gasteiger charge is -2.09. The van der Waals surface area contributed by atoms with E-state index >= 15 is 0 Å². The molecule has 38 heavy (non-hydrogen) atoms. The first-order valence-corrected chi connectivity index (χ1v) is 14.6. The summed E-state index contributed by atoms with van der Waals surface area (Å²) in [7, 11) is -9.48. The van der Waals surface area contributed by atoms with Crippen molar-refractivity contribution in [1.29, 1.82) is 0 Å². The fraction of sp³-hybridized carbons (Fsp3) is 0.136. The van der Waals surface area contributed by atoms with Crippen molar-refractivity contribution in [2.45, 2.75) is 28.8 Å². The van der Waals surface area contributed by atoms with Crippen LogP contribution in [0.15, 0.2) is 73.7 Å². The lowest BCUT2D eigenvalue weighted by molar-refractivity contribution is 0.422. The zero-order chi connectivity index (χ0) is 27.7. The number of hydrogen-bond donors (Lipinski definition) is 4. The van der Waals surface area contributed by atoms with Gasteiger partial charge in [-0.1, -0.05) is 30.8 Å². The first-order chi connectivity index (χ1) is 17.8. The van der Waals surface area contributed by atoms with E-state index in [1.54, 1.807) is 25.1 Å². The quantitative estimate of drug-likeness (QED) is 0.127. The third-order valence-corrected chi connectivity index (χ3v) is 7.60. The zero-order valence-electron chi connectivity index (χ0n) is 19.8. The molecule has 4 aromatic rings. The standard InChI is InChI=1S/C22H20N6O7S3/c1-3-36-22-25-20(24-21(29)26-22)23-13-7-8-17(12(2)9-13)28-27-14-10-16-15(19(11-14)38(33,34)35)5-4-6-18(16)37(30,31)32/h4-11H,3H2,1-2H3,(H,30,31,32)(H,33,34,35)(H2,23,24,25,26,29)/b28-27+. The second-order valence-electron chi connectivity index (χ2n) is 7.75. The molecule has 13 nitrogen and oxygen atoms in total. The van der Waals surface area contributed by atoms with E-state index in [0.717, 1.165) is 12.1 Å². The Morgan fingerprint density at radius 3 is 2.29 bits per heavy atom. The smallest absolute Gasteiger partial charge is 0.319 e. The van der Waals surface area contributed by atoms with Crippen LogP contribution < -0.4 is 5.32 Å². The Hall–Kier alpha value is -3.70. The number of aromatic nitrogens is 3. The zero-order valence-corrected chi connectivity index (χ0v) is 22.2. The topological polar surface area (TPSA) is 204 Å². The van der Waals surface area contributed by atoms with Gasteiger partial charge in [0.25, 0.3) is 20.2 Å². The summed E-state index contributed by atoms with van der Waals surface area (Å²) >= 11 is 1.34. The van der Waals surface area contributed by atoms with Gasteiger partial charge >= 0.3 is 6.01 Å². The van der Waals surface area contributed by atoms with Crippen molar-refractivity contribution in [1.82, 2.24) is 15.0 Å². The van der Waals surface area contributed by atoms with E-state index in [1.165, 1.54) is 30.0 Å². The van der Waals surface area contributed by atoms with Crippen LogP contribution in [0, 0.1) is 6.92 Å². The van der Waals surface area contributed by atoms with E-state index in [1.807, 2.05) is 6.92 Å². The Bertz CT molecular complexity index is 1800. The van der Waals surface area contributed by atoms with Crippen LogP contribution in [-0.4, -0.2) is 51.8 Å². The number of fused-ring (bicyclic) bond motifs is 1. The largest absolute Gasteiger partial charge is 0.479 e. The van der Waals surface area contributed by atoms with Gasteiger partial charge in [-0.3, -0.25) is 9.11 Å². The van der Waals surface area contributed by atoms with E-state index in [2.05, 4.69) is 30.5 Å². The lowest BCUT2D eigenvalue weighted by atomic mass is 10.1. The van der Waals surface area contributed by atoms with Crippen LogP contribution in [0.2, 0.25) is 0 Å². The lowest BCUT2D eigenvalue weighted by Crippen LogP contribution is -2.03. The number of nitrogens with zero attached hydrogens (tertiary/aromatic N) is 5. The van der Waals surface area contributed by atoms with Crippen molar-refractivity contribution in [3.63, 3.8) is 0 Å². The summed E-state index contributed by atoms with van der Waals surface area (Å²) in [6.07, 6.45) is 0. The summed E-state index contributed by atoms with van der Waals surface area (Å²) in [6.45, 7) is 3.66. The van der Waals surface area contributed by atoms with Crippen LogP contribution in [0.3, 0.4) is 0 Å². The van der Waals surface area contributed by atoms with Gasteiger partial charge in [-0.05, 0) is 54.6 Å². The van der Waals surface area contributed by atoms with Crippen LogP contribution in [0.4, 0.5) is 23.0 Å². The van der Waals surface area contributed by atoms with Crippen LogP contribution in [0.1, 0.15) is 12.5 Å². The van der Waals surface area contributed by atoms with Crippen LogP contribution >= 0.6 is 11.8 Å². The average molecular weight is 577 g/mol. The van der Waals surface area contributed by atoms with Crippen molar-refractivity contribution >= 4 is 65.8 Å². The fourth-order valence-electron chi connectivity index (χ4n) is 3.49. The number of hydrogen-bond acceptors (Lipinski definition) is 12. The Kier molecular flexibility index (Phi) is 7.61. The molecule has 0 radical (unpaired) electrons. The second kappa shape index (κ2) is 10.6. The Balaban J connectivity index is 1.69. The van der Waals surface area contributed by atoms with Gasteiger partial charge < -0.3 is 10.4 Å². The van der Waals surface area contributed by atoms with Gasteiger partial charge in [0.2, 0.25) is 5.95 Å². The van der Waals surface area contributed by atoms with Gasteiger partial charge in [-0.25, -0.2) is 0 Å². The van der Waals surface area contributed by atoms with Crippen LogP contribution in [0.25, 0.3) is 10.8 Å². The molecule has 0 aliphatic rings. The van der Waals surface area contributed by atoms with Gasteiger partial charge in [0.1, 0.15) is 9.79 Å². The molecule has 0 saturated carbocycles. The summed E-state index contributed by atoms with van der Waals surface area (Å²) in [4.78, 5) is 10.8. The molecule has 0 saturated heterocycles. The molecule has 0 aliphatic heterocycles. The summed E-state index contributed by atoms with van der Waals surface area (Å²) in [6, 6.07) is 10.5. The number of aryl methyl sites for hydroxylation is 1. The highest BCUT2D eigenvalue weighted by Crippen LogP contribution is 2.34. The second-order valence-corrected chi connectivity index (χ2v) is 11.8. The highest BCUT2D eigenvalue weighted by atomic mass is 32.2. The van der Waals surface area contributed by atoms with E-state index in [9.17, 15) is 31.0 Å². The number of azo groups is 1. The third-order valence-electron chi connectivity index (χ3n) is 5.06. The third kappa shape index (κ3) is 6.22. The van der Waals surface area contributed by atoms with Gasteiger partial charge in [0.05, 0.1) is 11.4 Å². The Labute approximate surface area is 221 Å². The Morgan fingerprint density at radius 1 is 0.895 bits per heavy atom. The first kappa shape index (κ1) is 27.3. The Morgan fingerprint density at radius 2 is 1.63 bits per heavy atom. The molecular weight excluding hydrogens is 556 g/mol. The van der Waals surface area contributed by atoms with Crippen molar-refractivity contribution in [3.8, 4) is 6.01 Å². The van der Waals surface area contributed by atoms with E-state index in [-0.39, 0.29) is 22.4 Å². The molecule has 4 N–H and O–H groups in total. The minimum Gasteiger partial charge on any atom is -0.479 e. The molecule has 16 heteroatoms. The van der Waals surface area contributed by atoms with Crippen molar-refractivity contribution in [2.75, 3.05) is 11.1 Å². The summed E-state index contributed by atoms with van der Waals surface area (Å²) < 4.78 is 66.9. The molecule has 0 amide bonds.